The highest BCUT2D eigenvalue weighted by Crippen LogP contribution is 2.37. The number of rotatable bonds is 5. The zero-order chi connectivity index (χ0) is 24.0. The van der Waals surface area contributed by atoms with Crippen LogP contribution in [-0.2, 0) is 17.9 Å². The van der Waals surface area contributed by atoms with Crippen molar-refractivity contribution in [1.82, 2.24) is 9.36 Å². The smallest absolute Gasteiger partial charge is 0.276 e. The van der Waals surface area contributed by atoms with Crippen LogP contribution in [-0.4, -0.2) is 27.3 Å². The van der Waals surface area contributed by atoms with Gasteiger partial charge in [0.15, 0.2) is 5.60 Å². The van der Waals surface area contributed by atoms with Gasteiger partial charge in [0.2, 0.25) is 0 Å². The Morgan fingerprint density at radius 1 is 1.12 bits per heavy atom. The van der Waals surface area contributed by atoms with Crippen molar-refractivity contribution >= 4 is 28.9 Å². The van der Waals surface area contributed by atoms with E-state index in [9.17, 15) is 13.6 Å². The maximum Gasteiger partial charge on any atom is 0.276 e. The summed E-state index contributed by atoms with van der Waals surface area (Å²) in [6.45, 7) is 3.00. The number of hydrogen-bond acceptors (Lipinski definition) is 4. The zero-order valence-electron chi connectivity index (χ0n) is 18.3. The number of hydrogen-bond donors (Lipinski definition) is 0. The van der Waals surface area contributed by atoms with E-state index in [4.69, 9.17) is 32.8 Å². The van der Waals surface area contributed by atoms with E-state index in [0.717, 1.165) is 24.5 Å². The van der Waals surface area contributed by atoms with Gasteiger partial charge in [0.25, 0.3) is 5.56 Å². The van der Waals surface area contributed by atoms with Crippen molar-refractivity contribution in [2.75, 3.05) is 6.61 Å². The molecule has 0 N–H and O–H groups in total. The molecule has 1 aromatic heterocycles. The first-order valence-electron chi connectivity index (χ1n) is 10.9. The van der Waals surface area contributed by atoms with Crippen LogP contribution < -0.4 is 10.3 Å². The molecule has 34 heavy (non-hydrogen) atoms. The Bertz CT molecular complexity index is 1350. The first kappa shape index (κ1) is 22.9. The lowest BCUT2D eigenvalue weighted by molar-refractivity contribution is -0.0356. The SMILES string of the molecule is CC1(COc2cc(-c3c(Cl)n4n(c3=O)CCCC4)c(F)cc2Cl)CC(c2ccc(F)cc2)=NO1. The Morgan fingerprint density at radius 3 is 2.53 bits per heavy atom. The molecule has 5 rings (SSSR count). The largest absolute Gasteiger partial charge is 0.488 e. The molecular weight excluding hydrogens is 487 g/mol. The van der Waals surface area contributed by atoms with Crippen molar-refractivity contribution < 1.29 is 18.4 Å². The van der Waals surface area contributed by atoms with Crippen LogP contribution in [0.4, 0.5) is 8.78 Å². The lowest BCUT2D eigenvalue weighted by Gasteiger charge is -2.22. The number of nitrogens with zero attached hydrogens (tertiary/aromatic N) is 3. The molecule has 0 saturated carbocycles. The second-order valence-electron chi connectivity index (χ2n) is 8.74. The van der Waals surface area contributed by atoms with Crippen LogP contribution in [0, 0.1) is 11.6 Å². The molecule has 0 fully saturated rings. The molecule has 2 aromatic carbocycles. The van der Waals surface area contributed by atoms with E-state index < -0.39 is 11.4 Å². The van der Waals surface area contributed by atoms with Crippen LogP contribution in [0.25, 0.3) is 11.1 Å². The molecule has 0 saturated heterocycles. The van der Waals surface area contributed by atoms with Gasteiger partial charge in [-0.15, -0.1) is 0 Å². The van der Waals surface area contributed by atoms with Gasteiger partial charge >= 0.3 is 0 Å². The lowest BCUT2D eigenvalue weighted by Crippen LogP contribution is -2.32. The van der Waals surface area contributed by atoms with Gasteiger partial charge in [-0.05, 0) is 49.6 Å². The molecule has 1 atom stereocenters. The van der Waals surface area contributed by atoms with E-state index in [0.29, 0.717) is 25.2 Å². The molecule has 0 radical (unpaired) electrons. The maximum absolute atomic E-state index is 14.9. The number of ether oxygens (including phenoxy) is 1. The molecule has 6 nitrogen and oxygen atoms in total. The molecule has 2 aliphatic rings. The molecule has 178 valence electrons. The molecule has 0 spiro atoms. The van der Waals surface area contributed by atoms with Crippen LogP contribution in [0.15, 0.2) is 46.3 Å². The number of oxime groups is 1. The Labute approximate surface area is 204 Å². The molecule has 10 heteroatoms. The zero-order valence-corrected chi connectivity index (χ0v) is 19.8. The normalized spacial score (nSPS) is 19.5. The van der Waals surface area contributed by atoms with Crippen LogP contribution in [0.5, 0.6) is 5.75 Å². The third-order valence-electron chi connectivity index (χ3n) is 6.08. The Kier molecular flexibility index (Phi) is 5.90. The number of benzene rings is 2. The van der Waals surface area contributed by atoms with Gasteiger partial charge in [0.1, 0.15) is 29.1 Å². The highest BCUT2D eigenvalue weighted by atomic mass is 35.5. The topological polar surface area (TPSA) is 57.8 Å². The van der Waals surface area contributed by atoms with E-state index in [1.807, 2.05) is 6.92 Å². The van der Waals surface area contributed by atoms with Gasteiger partial charge in [-0.1, -0.05) is 40.5 Å². The Hall–Kier alpha value is -2.84. The summed E-state index contributed by atoms with van der Waals surface area (Å²) in [5.41, 5.74) is 0.377. The van der Waals surface area contributed by atoms with E-state index in [1.165, 1.54) is 22.9 Å². The van der Waals surface area contributed by atoms with Gasteiger partial charge in [-0.3, -0.25) is 9.48 Å². The average Bonchev–Trinajstić information content (AvgIpc) is 3.33. The third-order valence-corrected chi connectivity index (χ3v) is 6.76. The summed E-state index contributed by atoms with van der Waals surface area (Å²) >= 11 is 12.7. The van der Waals surface area contributed by atoms with E-state index >= 15 is 0 Å². The van der Waals surface area contributed by atoms with Crippen molar-refractivity contribution in [2.24, 2.45) is 5.16 Å². The highest BCUT2D eigenvalue weighted by molar-refractivity contribution is 6.33. The van der Waals surface area contributed by atoms with Crippen LogP contribution in [0.1, 0.15) is 31.7 Å². The third kappa shape index (κ3) is 4.09. The van der Waals surface area contributed by atoms with Gasteiger partial charge in [-0.2, -0.15) is 0 Å². The number of aromatic nitrogens is 2. The van der Waals surface area contributed by atoms with Gasteiger partial charge < -0.3 is 9.57 Å². The number of fused-ring (bicyclic) bond motifs is 1. The fraction of sp³-hybridized carbons (Fsp3) is 0.333. The second-order valence-corrected chi connectivity index (χ2v) is 9.50. The summed E-state index contributed by atoms with van der Waals surface area (Å²) in [5.74, 6) is -0.798. The van der Waals surface area contributed by atoms with E-state index in [1.54, 1.807) is 16.8 Å². The predicted molar refractivity (Wildman–Crippen MR) is 126 cm³/mol. The summed E-state index contributed by atoms with van der Waals surface area (Å²) in [7, 11) is 0. The van der Waals surface area contributed by atoms with Crippen LogP contribution in [0.3, 0.4) is 0 Å². The molecule has 3 heterocycles. The van der Waals surface area contributed by atoms with Crippen LogP contribution >= 0.6 is 23.2 Å². The van der Waals surface area contributed by atoms with Gasteiger partial charge in [-0.25, -0.2) is 13.5 Å². The summed E-state index contributed by atoms with van der Waals surface area (Å²) in [6.07, 6.45) is 2.17. The molecular formula is C24H21Cl2F2N3O3. The lowest BCUT2D eigenvalue weighted by atomic mass is 9.97. The summed E-state index contributed by atoms with van der Waals surface area (Å²) < 4.78 is 37.2. The fourth-order valence-electron chi connectivity index (χ4n) is 4.27. The summed E-state index contributed by atoms with van der Waals surface area (Å²) in [5, 5.41) is 4.37. The first-order chi connectivity index (χ1) is 16.3. The Morgan fingerprint density at radius 2 is 1.82 bits per heavy atom. The molecule has 3 aromatic rings. The molecule has 1 unspecified atom stereocenters. The quantitative estimate of drug-likeness (QED) is 0.447. The van der Waals surface area contributed by atoms with Crippen molar-refractivity contribution in [3.05, 3.63) is 74.1 Å². The Balaban J connectivity index is 1.38. The van der Waals surface area contributed by atoms with Gasteiger partial charge in [0.05, 0.1) is 16.3 Å². The number of halogens is 4. The fourth-order valence-corrected chi connectivity index (χ4v) is 4.84. The molecule has 0 amide bonds. The monoisotopic (exact) mass is 507 g/mol. The predicted octanol–water partition coefficient (Wildman–Crippen LogP) is 5.66. The summed E-state index contributed by atoms with van der Waals surface area (Å²) in [4.78, 5) is 18.6. The van der Waals surface area contributed by atoms with Crippen molar-refractivity contribution in [1.29, 1.82) is 0 Å². The molecule has 2 aliphatic heterocycles. The minimum Gasteiger partial charge on any atom is -0.488 e. The standard InChI is InChI=1S/C24H21Cl2F2N3O3/c1-24(12-19(29-34-24)14-4-6-15(27)7-5-14)13-33-20-10-16(18(28)11-17(20)25)21-22(26)30-8-2-3-9-31(30)23(21)32/h4-7,10-11H,2-3,8-9,12-13H2,1H3. The second kappa shape index (κ2) is 8.74. The van der Waals surface area contributed by atoms with E-state index in [-0.39, 0.29) is 45.0 Å². The van der Waals surface area contributed by atoms with Crippen LogP contribution in [0.2, 0.25) is 10.2 Å². The van der Waals surface area contributed by atoms with Crippen molar-refractivity contribution in [3.8, 4) is 16.9 Å². The average molecular weight is 508 g/mol. The van der Waals surface area contributed by atoms with Gasteiger partial charge in [0, 0.05) is 25.1 Å². The van der Waals surface area contributed by atoms with E-state index in [2.05, 4.69) is 5.16 Å². The first-order valence-corrected chi connectivity index (χ1v) is 11.6. The maximum atomic E-state index is 14.9. The minimum atomic E-state index is -0.811. The highest BCUT2D eigenvalue weighted by Gasteiger charge is 2.36. The summed E-state index contributed by atoms with van der Waals surface area (Å²) in [6, 6.07) is 8.49. The molecule has 0 aliphatic carbocycles. The van der Waals surface area contributed by atoms with Crippen molar-refractivity contribution in [3.63, 3.8) is 0 Å². The van der Waals surface area contributed by atoms with Crippen molar-refractivity contribution in [2.45, 2.75) is 44.9 Å². The molecule has 0 bridgehead atoms. The minimum absolute atomic E-state index is 0.0320.